The third-order valence-electron chi connectivity index (χ3n) is 2.15. The van der Waals surface area contributed by atoms with E-state index in [1.54, 1.807) is 19.9 Å². The number of esters is 2. The Morgan fingerprint density at radius 1 is 1.32 bits per heavy atom. The molecule has 1 heterocycles. The lowest BCUT2D eigenvalue weighted by atomic mass is 10.1. The highest BCUT2D eigenvalue weighted by Gasteiger charge is 2.34. The summed E-state index contributed by atoms with van der Waals surface area (Å²) in [5.41, 5.74) is 0.152. The Morgan fingerprint density at radius 3 is 2.26 bits per heavy atom. The van der Waals surface area contributed by atoms with E-state index in [0.717, 1.165) is 3.57 Å². The van der Waals surface area contributed by atoms with Gasteiger partial charge in [0, 0.05) is 9.77 Å². The van der Waals surface area contributed by atoms with Gasteiger partial charge in [-0.2, -0.15) is 0 Å². The van der Waals surface area contributed by atoms with Gasteiger partial charge in [-0.1, -0.05) is 11.6 Å². The summed E-state index contributed by atoms with van der Waals surface area (Å²) in [5, 5.41) is 0.234. The number of nitrogens with zero attached hydrogens (tertiary/aromatic N) is 1. The van der Waals surface area contributed by atoms with Crippen LogP contribution in [-0.2, 0) is 19.1 Å². The molecule has 0 N–H and O–H groups in total. The quantitative estimate of drug-likeness (QED) is 0.434. The average molecular weight is 398 g/mol. The zero-order chi connectivity index (χ0) is 14.4. The van der Waals surface area contributed by atoms with Gasteiger partial charge in [-0.05, 0) is 42.5 Å². The topological polar surface area (TPSA) is 65.5 Å². The van der Waals surface area contributed by atoms with Crippen molar-refractivity contribution in [1.82, 2.24) is 4.98 Å². The minimum absolute atomic E-state index is 0.152. The van der Waals surface area contributed by atoms with Crippen molar-refractivity contribution in [2.75, 3.05) is 13.2 Å². The van der Waals surface area contributed by atoms with Crippen molar-refractivity contribution in [2.45, 2.75) is 19.8 Å². The third kappa shape index (κ3) is 4.31. The maximum atomic E-state index is 11.9. The first-order valence-corrected chi connectivity index (χ1v) is 7.11. The molecule has 5 nitrogen and oxygen atoms in total. The molecule has 1 rings (SSSR count). The predicted octanol–water partition coefficient (Wildman–Crippen LogP) is 2.55. The Balaban J connectivity index is 3.14. The number of carbonyl (C=O) groups excluding carboxylic acids is 2. The van der Waals surface area contributed by atoms with Crippen molar-refractivity contribution in [3.05, 3.63) is 26.5 Å². The number of hydrogen-bond donors (Lipinski definition) is 0. The Hall–Kier alpha value is -0.890. The van der Waals surface area contributed by atoms with Gasteiger partial charge in [0.15, 0.2) is 5.92 Å². The van der Waals surface area contributed by atoms with E-state index >= 15 is 0 Å². The second kappa shape index (κ2) is 7.64. The number of pyridine rings is 1. The lowest BCUT2D eigenvalue weighted by Gasteiger charge is -2.15. The van der Waals surface area contributed by atoms with Crippen LogP contribution in [0.4, 0.5) is 0 Å². The first kappa shape index (κ1) is 16.2. The first-order chi connectivity index (χ1) is 9.01. The van der Waals surface area contributed by atoms with E-state index in [1.165, 1.54) is 6.20 Å². The second-order valence-electron chi connectivity index (χ2n) is 3.46. The van der Waals surface area contributed by atoms with Crippen molar-refractivity contribution in [1.29, 1.82) is 0 Å². The normalized spacial score (nSPS) is 10.4. The molecule has 0 aromatic carbocycles. The number of hydrogen-bond acceptors (Lipinski definition) is 5. The lowest BCUT2D eigenvalue weighted by molar-refractivity contribution is -0.157. The fourth-order valence-electron chi connectivity index (χ4n) is 1.41. The predicted molar refractivity (Wildman–Crippen MR) is 78.0 cm³/mol. The first-order valence-electron chi connectivity index (χ1n) is 5.65. The fourth-order valence-corrected chi connectivity index (χ4v) is 2.32. The van der Waals surface area contributed by atoms with Gasteiger partial charge in [-0.25, -0.2) is 0 Å². The molecule has 0 spiro atoms. The Bertz CT molecular complexity index is 463. The van der Waals surface area contributed by atoms with E-state index in [1.807, 2.05) is 22.6 Å². The van der Waals surface area contributed by atoms with E-state index in [0.29, 0.717) is 0 Å². The largest absolute Gasteiger partial charge is 0.465 e. The molecule has 0 aliphatic rings. The minimum Gasteiger partial charge on any atom is -0.465 e. The van der Waals surface area contributed by atoms with Crippen molar-refractivity contribution >= 4 is 46.1 Å². The molecule has 1 aromatic heterocycles. The summed E-state index contributed by atoms with van der Waals surface area (Å²) in [6.07, 6.45) is 1.52. The number of carbonyl (C=O) groups is 2. The van der Waals surface area contributed by atoms with E-state index in [2.05, 4.69) is 4.98 Å². The molecule has 0 fully saturated rings. The molecule has 0 atom stereocenters. The monoisotopic (exact) mass is 397 g/mol. The molecule has 1 aromatic rings. The summed E-state index contributed by atoms with van der Waals surface area (Å²) in [4.78, 5) is 27.8. The van der Waals surface area contributed by atoms with Crippen molar-refractivity contribution in [3.8, 4) is 0 Å². The van der Waals surface area contributed by atoms with Crippen LogP contribution in [0.5, 0.6) is 0 Å². The minimum atomic E-state index is -1.25. The summed E-state index contributed by atoms with van der Waals surface area (Å²) in [7, 11) is 0. The zero-order valence-corrected chi connectivity index (χ0v) is 13.4. The van der Waals surface area contributed by atoms with Crippen LogP contribution in [0, 0.1) is 3.57 Å². The lowest BCUT2D eigenvalue weighted by Crippen LogP contribution is -2.27. The van der Waals surface area contributed by atoms with Gasteiger partial charge in [0.25, 0.3) is 0 Å². The molecular formula is C12H13ClINO4. The number of rotatable bonds is 5. The summed E-state index contributed by atoms with van der Waals surface area (Å²) in [5.74, 6) is -2.67. The highest BCUT2D eigenvalue weighted by Crippen LogP contribution is 2.26. The standard InChI is InChI=1S/C12H13ClINO4/c1-3-18-11(16)9(12(17)19-4-2)10-8(13)5-7(14)6-15-10/h5-6,9H,3-4H2,1-2H3. The Morgan fingerprint density at radius 2 is 1.84 bits per heavy atom. The van der Waals surface area contributed by atoms with Crippen LogP contribution in [0.3, 0.4) is 0 Å². The van der Waals surface area contributed by atoms with Crippen LogP contribution in [0.2, 0.25) is 5.02 Å². The molecule has 0 aliphatic carbocycles. The molecule has 0 saturated carbocycles. The Kier molecular flexibility index (Phi) is 6.50. The zero-order valence-electron chi connectivity index (χ0n) is 10.5. The van der Waals surface area contributed by atoms with Crippen LogP contribution in [-0.4, -0.2) is 30.1 Å². The maximum Gasteiger partial charge on any atom is 0.326 e. The van der Waals surface area contributed by atoms with Gasteiger partial charge >= 0.3 is 11.9 Å². The van der Waals surface area contributed by atoms with Crippen molar-refractivity contribution in [3.63, 3.8) is 0 Å². The van der Waals surface area contributed by atoms with Crippen LogP contribution in [0.1, 0.15) is 25.5 Å². The smallest absolute Gasteiger partial charge is 0.326 e. The molecule has 0 radical (unpaired) electrons. The maximum absolute atomic E-state index is 11.9. The molecule has 7 heteroatoms. The second-order valence-corrected chi connectivity index (χ2v) is 5.11. The number of halogens is 2. The summed E-state index contributed by atoms with van der Waals surface area (Å²) in [6, 6.07) is 1.62. The van der Waals surface area contributed by atoms with E-state index in [-0.39, 0.29) is 23.9 Å². The van der Waals surface area contributed by atoms with Gasteiger partial charge in [0.05, 0.1) is 23.9 Å². The number of ether oxygens (including phenoxy) is 2. The molecule has 0 unspecified atom stereocenters. The highest BCUT2D eigenvalue weighted by molar-refractivity contribution is 14.1. The van der Waals surface area contributed by atoms with E-state index < -0.39 is 17.9 Å². The van der Waals surface area contributed by atoms with Crippen LogP contribution in [0.25, 0.3) is 0 Å². The molecule has 0 amide bonds. The number of aromatic nitrogens is 1. The van der Waals surface area contributed by atoms with Crippen molar-refractivity contribution < 1.29 is 19.1 Å². The third-order valence-corrected chi connectivity index (χ3v) is 3.05. The SMILES string of the molecule is CCOC(=O)C(C(=O)OCC)c1ncc(I)cc1Cl. The summed E-state index contributed by atoms with van der Waals surface area (Å²) in [6.45, 7) is 3.64. The van der Waals surface area contributed by atoms with Crippen molar-refractivity contribution in [2.24, 2.45) is 0 Å². The fraction of sp³-hybridized carbons (Fsp3) is 0.417. The molecule has 19 heavy (non-hydrogen) atoms. The highest BCUT2D eigenvalue weighted by atomic mass is 127. The molecule has 0 saturated heterocycles. The van der Waals surface area contributed by atoms with Gasteiger partial charge < -0.3 is 9.47 Å². The van der Waals surface area contributed by atoms with Crippen LogP contribution in [0.15, 0.2) is 12.3 Å². The Labute approximate surface area is 129 Å². The van der Waals surface area contributed by atoms with Gasteiger partial charge in [-0.15, -0.1) is 0 Å². The molecule has 0 bridgehead atoms. The van der Waals surface area contributed by atoms with Gasteiger partial charge in [0.2, 0.25) is 0 Å². The average Bonchev–Trinajstić information content (AvgIpc) is 2.33. The summed E-state index contributed by atoms with van der Waals surface area (Å²) < 4.78 is 10.5. The van der Waals surface area contributed by atoms with Crippen LogP contribution < -0.4 is 0 Å². The molecular weight excluding hydrogens is 384 g/mol. The van der Waals surface area contributed by atoms with Crippen LogP contribution >= 0.6 is 34.2 Å². The van der Waals surface area contributed by atoms with E-state index in [9.17, 15) is 9.59 Å². The van der Waals surface area contributed by atoms with E-state index in [4.69, 9.17) is 21.1 Å². The summed E-state index contributed by atoms with van der Waals surface area (Å²) >= 11 is 8.06. The molecule has 104 valence electrons. The van der Waals surface area contributed by atoms with Gasteiger partial charge in [0.1, 0.15) is 0 Å². The molecule has 0 aliphatic heterocycles. The van der Waals surface area contributed by atoms with Gasteiger partial charge in [-0.3, -0.25) is 14.6 Å².